The van der Waals surface area contributed by atoms with E-state index in [9.17, 15) is 9.59 Å². The van der Waals surface area contributed by atoms with Gasteiger partial charge in [-0.15, -0.1) is 34.4 Å². The Morgan fingerprint density at radius 1 is 1.43 bits per heavy atom. The Balaban J connectivity index is 1.84. The fourth-order valence-electron chi connectivity index (χ4n) is 1.52. The highest BCUT2D eigenvalue weighted by molar-refractivity contribution is 8.00. The number of aromatic carboxylic acids is 1. The molecule has 0 aliphatic heterocycles. The number of carbonyl (C=O) groups is 2. The van der Waals surface area contributed by atoms with E-state index in [0.717, 1.165) is 21.1 Å². The van der Waals surface area contributed by atoms with Gasteiger partial charge in [-0.2, -0.15) is 0 Å². The van der Waals surface area contributed by atoms with Crippen LogP contribution in [0, 0.1) is 0 Å². The predicted octanol–water partition coefficient (Wildman–Crippen LogP) is 3.91. The van der Waals surface area contributed by atoms with Crippen molar-refractivity contribution >= 4 is 57.9 Å². The Morgan fingerprint density at radius 2 is 2.19 bits per heavy atom. The molecule has 2 heterocycles. The summed E-state index contributed by atoms with van der Waals surface area (Å²) < 4.78 is 0.708. The van der Waals surface area contributed by atoms with Gasteiger partial charge >= 0.3 is 5.97 Å². The van der Waals surface area contributed by atoms with Crippen LogP contribution >= 0.6 is 46.0 Å². The fraction of sp³-hybridized carbons (Fsp3) is 0.231. The molecule has 1 amide bonds. The summed E-state index contributed by atoms with van der Waals surface area (Å²) >= 11 is 9.82. The van der Waals surface area contributed by atoms with Crippen LogP contribution in [-0.2, 0) is 11.3 Å². The van der Waals surface area contributed by atoms with Crippen LogP contribution in [0.3, 0.4) is 0 Å². The molecule has 0 atom stereocenters. The third kappa shape index (κ3) is 4.74. The molecule has 2 aromatic rings. The number of amides is 1. The highest BCUT2D eigenvalue weighted by atomic mass is 35.5. The lowest BCUT2D eigenvalue weighted by molar-refractivity contribution is -0.127. The van der Waals surface area contributed by atoms with Crippen molar-refractivity contribution < 1.29 is 14.7 Å². The van der Waals surface area contributed by atoms with E-state index in [1.807, 2.05) is 12.1 Å². The van der Waals surface area contributed by atoms with Gasteiger partial charge in [-0.05, 0) is 18.2 Å². The smallest absolute Gasteiger partial charge is 0.345 e. The molecule has 0 saturated heterocycles. The number of hydrogen-bond donors (Lipinski definition) is 1. The van der Waals surface area contributed by atoms with E-state index in [0.29, 0.717) is 10.9 Å². The molecule has 0 bridgehead atoms. The van der Waals surface area contributed by atoms with Gasteiger partial charge in [0.25, 0.3) is 0 Å². The molecule has 0 aliphatic carbocycles. The largest absolute Gasteiger partial charge is 0.477 e. The lowest BCUT2D eigenvalue weighted by Crippen LogP contribution is -2.27. The van der Waals surface area contributed by atoms with Crippen molar-refractivity contribution in [1.29, 1.82) is 0 Å². The van der Waals surface area contributed by atoms with Gasteiger partial charge in [0.15, 0.2) is 0 Å². The van der Waals surface area contributed by atoms with E-state index in [-0.39, 0.29) is 16.5 Å². The molecule has 0 saturated carbocycles. The van der Waals surface area contributed by atoms with E-state index < -0.39 is 5.97 Å². The number of hydrogen-bond acceptors (Lipinski definition) is 5. The average molecular weight is 362 g/mol. The highest BCUT2D eigenvalue weighted by Crippen LogP contribution is 2.26. The van der Waals surface area contributed by atoms with Crippen LogP contribution in [0.2, 0.25) is 4.34 Å². The van der Waals surface area contributed by atoms with Crippen LogP contribution in [0.4, 0.5) is 0 Å². The number of rotatable bonds is 6. The number of nitrogens with zero attached hydrogens (tertiary/aromatic N) is 1. The van der Waals surface area contributed by atoms with Crippen molar-refractivity contribution in [3.63, 3.8) is 0 Å². The highest BCUT2D eigenvalue weighted by Gasteiger charge is 2.13. The average Bonchev–Trinajstić information content (AvgIpc) is 3.05. The number of carboxylic acid groups (broad SMARTS) is 1. The first-order valence-corrected chi connectivity index (χ1v) is 8.94. The molecule has 0 radical (unpaired) electrons. The predicted molar refractivity (Wildman–Crippen MR) is 87.8 cm³/mol. The third-order valence-corrected chi connectivity index (χ3v) is 5.84. The molecule has 21 heavy (non-hydrogen) atoms. The summed E-state index contributed by atoms with van der Waals surface area (Å²) in [6.45, 7) is 0.529. The first kappa shape index (κ1) is 16.4. The lowest BCUT2D eigenvalue weighted by atomic mass is 10.4. The monoisotopic (exact) mass is 361 g/mol. The molecule has 0 unspecified atom stereocenters. The molecule has 0 fully saturated rings. The van der Waals surface area contributed by atoms with Gasteiger partial charge < -0.3 is 10.0 Å². The Kier molecular flexibility index (Phi) is 5.69. The number of carboxylic acids is 1. The molecular formula is C13H12ClNO3S3. The molecule has 0 spiro atoms. The SMILES string of the molecule is CN(Cc1ccc(Cl)s1)C(=O)CSc1csc(C(=O)O)c1. The molecule has 2 aromatic heterocycles. The minimum Gasteiger partial charge on any atom is -0.477 e. The number of carbonyl (C=O) groups excluding carboxylic acids is 1. The molecule has 4 nitrogen and oxygen atoms in total. The van der Waals surface area contributed by atoms with Gasteiger partial charge in [0, 0.05) is 22.2 Å². The van der Waals surface area contributed by atoms with Crippen LogP contribution in [0.15, 0.2) is 28.5 Å². The van der Waals surface area contributed by atoms with Crippen LogP contribution in [0.25, 0.3) is 0 Å². The van der Waals surface area contributed by atoms with Crippen molar-refractivity contribution in [1.82, 2.24) is 4.90 Å². The number of halogens is 1. The molecule has 112 valence electrons. The summed E-state index contributed by atoms with van der Waals surface area (Å²) in [5, 5.41) is 10.6. The molecule has 2 rings (SSSR count). The second-order valence-electron chi connectivity index (χ2n) is 4.20. The maximum absolute atomic E-state index is 12.0. The van der Waals surface area contributed by atoms with Gasteiger partial charge in [0.05, 0.1) is 16.6 Å². The Hall–Kier alpha value is -1.02. The molecule has 0 aromatic carbocycles. The second-order valence-corrected chi connectivity index (χ2v) is 7.96. The summed E-state index contributed by atoms with van der Waals surface area (Å²) in [7, 11) is 1.74. The van der Waals surface area contributed by atoms with E-state index >= 15 is 0 Å². The van der Waals surface area contributed by atoms with Gasteiger partial charge in [0.2, 0.25) is 5.91 Å². The quantitative estimate of drug-likeness (QED) is 0.792. The summed E-state index contributed by atoms with van der Waals surface area (Å²) in [5.41, 5.74) is 0. The van der Waals surface area contributed by atoms with E-state index in [1.165, 1.54) is 23.1 Å². The maximum Gasteiger partial charge on any atom is 0.345 e. The van der Waals surface area contributed by atoms with Gasteiger partial charge in [0.1, 0.15) is 4.88 Å². The van der Waals surface area contributed by atoms with Crippen LogP contribution in [0.5, 0.6) is 0 Å². The summed E-state index contributed by atoms with van der Waals surface area (Å²) in [6.07, 6.45) is 0. The molecular weight excluding hydrogens is 350 g/mol. The maximum atomic E-state index is 12.0. The first-order valence-electron chi connectivity index (χ1n) is 5.88. The van der Waals surface area contributed by atoms with Crippen LogP contribution < -0.4 is 0 Å². The third-order valence-electron chi connectivity index (χ3n) is 2.60. The van der Waals surface area contributed by atoms with Gasteiger partial charge in [-0.25, -0.2) is 4.79 Å². The normalized spacial score (nSPS) is 10.6. The summed E-state index contributed by atoms with van der Waals surface area (Å²) in [5.74, 6) is -0.664. The second kappa shape index (κ2) is 7.31. The van der Waals surface area contributed by atoms with Crippen LogP contribution in [-0.4, -0.2) is 34.7 Å². The zero-order valence-electron chi connectivity index (χ0n) is 11.0. The lowest BCUT2D eigenvalue weighted by Gasteiger charge is -2.15. The number of thiophene rings is 2. The van der Waals surface area contributed by atoms with E-state index in [4.69, 9.17) is 16.7 Å². The summed E-state index contributed by atoms with van der Waals surface area (Å²) in [6, 6.07) is 5.30. The van der Waals surface area contributed by atoms with Crippen molar-refractivity contribution in [3.8, 4) is 0 Å². The summed E-state index contributed by atoms with van der Waals surface area (Å²) in [4.78, 5) is 26.6. The number of thioether (sulfide) groups is 1. The first-order chi connectivity index (χ1) is 9.95. The fourth-order valence-corrected chi connectivity index (χ4v) is 4.47. The van der Waals surface area contributed by atoms with Crippen molar-refractivity contribution in [2.45, 2.75) is 11.4 Å². The minimum atomic E-state index is -0.940. The zero-order chi connectivity index (χ0) is 15.4. The minimum absolute atomic E-state index is 0.00685. The van der Waals surface area contributed by atoms with Gasteiger partial charge in [-0.1, -0.05) is 11.6 Å². The van der Waals surface area contributed by atoms with Gasteiger partial charge in [-0.3, -0.25) is 4.79 Å². The molecule has 8 heteroatoms. The van der Waals surface area contributed by atoms with Crippen LogP contribution in [0.1, 0.15) is 14.5 Å². The van der Waals surface area contributed by atoms with Crippen molar-refractivity contribution in [3.05, 3.63) is 37.7 Å². The van der Waals surface area contributed by atoms with E-state index in [2.05, 4.69) is 0 Å². The van der Waals surface area contributed by atoms with E-state index in [1.54, 1.807) is 23.4 Å². The zero-order valence-corrected chi connectivity index (χ0v) is 14.2. The van der Waals surface area contributed by atoms with Crippen molar-refractivity contribution in [2.75, 3.05) is 12.8 Å². The Morgan fingerprint density at radius 3 is 2.76 bits per heavy atom. The molecule has 1 N–H and O–H groups in total. The topological polar surface area (TPSA) is 57.6 Å². The van der Waals surface area contributed by atoms with Crippen molar-refractivity contribution in [2.24, 2.45) is 0 Å². The Bertz CT molecular complexity index is 653. The Labute approximate surface area is 139 Å². The standard InChI is InChI=1S/C13H12ClNO3S3/c1-15(5-8-2-3-11(14)21-8)12(16)7-19-9-4-10(13(17)18)20-6-9/h2-4,6H,5,7H2,1H3,(H,17,18). The molecule has 0 aliphatic rings.